The average Bonchev–Trinajstić information content (AvgIpc) is 2.88. The third-order valence-electron chi connectivity index (χ3n) is 7.09. The predicted octanol–water partition coefficient (Wildman–Crippen LogP) is 4.33. The second-order valence-corrected chi connectivity index (χ2v) is 12.1. The maximum absolute atomic E-state index is 13.9. The third kappa shape index (κ3) is 7.72. The third-order valence-corrected chi connectivity index (χ3v) is 8.22. The summed E-state index contributed by atoms with van der Waals surface area (Å²) in [6.45, 7) is 5.45. The largest absolute Gasteiger partial charge is 0.495 e. The van der Waals surface area contributed by atoms with Crippen LogP contribution in [0.4, 0.5) is 5.69 Å². The highest BCUT2D eigenvalue weighted by atomic mass is 32.2. The lowest BCUT2D eigenvalue weighted by molar-refractivity contribution is -0.140. The van der Waals surface area contributed by atoms with Gasteiger partial charge in [0.25, 0.3) is 0 Å². The van der Waals surface area contributed by atoms with Crippen LogP contribution in [0.3, 0.4) is 0 Å². The highest BCUT2D eigenvalue weighted by Crippen LogP contribution is 2.31. The molecule has 1 saturated carbocycles. The Morgan fingerprint density at radius 2 is 1.66 bits per heavy atom. The molecule has 0 aliphatic heterocycles. The second kappa shape index (κ2) is 13.1. The molecular formula is C29H41N3O5S. The fourth-order valence-corrected chi connectivity index (χ4v) is 5.79. The Morgan fingerprint density at radius 3 is 2.24 bits per heavy atom. The SMILES string of the molecule is CCC(C(=O)NC1CCCCC1)N(Cc1ccc(C)cc1)C(=O)CN(c1cc(C)ccc1OC)S(C)(=O)=O. The minimum atomic E-state index is -3.84. The van der Waals surface area contributed by atoms with E-state index in [1.165, 1.54) is 18.4 Å². The number of sulfonamides is 1. The van der Waals surface area contributed by atoms with Gasteiger partial charge in [0.05, 0.1) is 19.1 Å². The number of rotatable bonds is 11. The van der Waals surface area contributed by atoms with E-state index >= 15 is 0 Å². The van der Waals surface area contributed by atoms with E-state index in [2.05, 4.69) is 5.32 Å². The number of amides is 2. The Kier molecular flexibility index (Phi) is 10.2. The molecule has 0 saturated heterocycles. The Bertz CT molecular complexity index is 1210. The van der Waals surface area contributed by atoms with E-state index in [9.17, 15) is 18.0 Å². The molecule has 2 aromatic rings. The van der Waals surface area contributed by atoms with Crippen LogP contribution in [-0.4, -0.2) is 57.1 Å². The van der Waals surface area contributed by atoms with Crippen LogP contribution in [0.25, 0.3) is 0 Å². The molecule has 0 radical (unpaired) electrons. The summed E-state index contributed by atoms with van der Waals surface area (Å²) in [6, 6.07) is 12.3. The number of nitrogens with zero attached hydrogens (tertiary/aromatic N) is 2. The Morgan fingerprint density at radius 1 is 1.03 bits per heavy atom. The quantitative estimate of drug-likeness (QED) is 0.455. The lowest BCUT2D eigenvalue weighted by atomic mass is 9.95. The van der Waals surface area contributed by atoms with E-state index in [1.54, 1.807) is 12.1 Å². The molecule has 1 aliphatic rings. The molecule has 1 aliphatic carbocycles. The summed E-state index contributed by atoms with van der Waals surface area (Å²) < 4.78 is 32.3. The summed E-state index contributed by atoms with van der Waals surface area (Å²) in [7, 11) is -2.38. The van der Waals surface area contributed by atoms with E-state index in [-0.39, 0.29) is 18.5 Å². The van der Waals surface area contributed by atoms with Crippen LogP contribution in [0, 0.1) is 13.8 Å². The number of carbonyl (C=O) groups excluding carboxylic acids is 2. The molecule has 38 heavy (non-hydrogen) atoms. The van der Waals surface area contributed by atoms with Crippen LogP contribution < -0.4 is 14.4 Å². The van der Waals surface area contributed by atoms with Gasteiger partial charge in [-0.3, -0.25) is 13.9 Å². The monoisotopic (exact) mass is 543 g/mol. The molecule has 2 amide bonds. The van der Waals surface area contributed by atoms with Crippen molar-refractivity contribution < 1.29 is 22.7 Å². The Balaban J connectivity index is 1.95. The zero-order valence-corrected chi connectivity index (χ0v) is 24.0. The van der Waals surface area contributed by atoms with Crippen molar-refractivity contribution in [3.63, 3.8) is 0 Å². The van der Waals surface area contributed by atoms with Gasteiger partial charge >= 0.3 is 0 Å². The Labute approximate surface area is 227 Å². The van der Waals surface area contributed by atoms with Crippen molar-refractivity contribution in [2.45, 2.75) is 77.9 Å². The first-order chi connectivity index (χ1) is 18.0. The molecule has 208 valence electrons. The molecule has 1 fully saturated rings. The minimum absolute atomic E-state index is 0.103. The van der Waals surface area contributed by atoms with E-state index in [0.717, 1.165) is 52.9 Å². The smallest absolute Gasteiger partial charge is 0.244 e. The standard InChI is InChI=1S/C29H41N3O5S/c1-6-25(29(34)30-24-10-8-7-9-11-24)31(19-23-15-12-21(2)13-16-23)28(33)20-32(38(5,35)36)26-18-22(3)14-17-27(26)37-4/h12-18,24-25H,6-11,19-20H2,1-5H3,(H,30,34). The molecule has 0 aromatic heterocycles. The van der Waals surface area contributed by atoms with Crippen LogP contribution in [0.1, 0.15) is 62.1 Å². The highest BCUT2D eigenvalue weighted by molar-refractivity contribution is 7.92. The zero-order chi connectivity index (χ0) is 27.9. The number of ether oxygens (including phenoxy) is 1. The van der Waals surface area contributed by atoms with Crippen molar-refractivity contribution in [2.75, 3.05) is 24.2 Å². The van der Waals surface area contributed by atoms with Gasteiger partial charge in [-0.15, -0.1) is 0 Å². The highest BCUT2D eigenvalue weighted by Gasteiger charge is 2.33. The van der Waals surface area contributed by atoms with Gasteiger partial charge in [0.15, 0.2) is 0 Å². The van der Waals surface area contributed by atoms with E-state index < -0.39 is 28.5 Å². The molecule has 1 N–H and O–H groups in total. The van der Waals surface area contributed by atoms with Gasteiger partial charge in [0.1, 0.15) is 18.3 Å². The number of hydrogen-bond donors (Lipinski definition) is 1. The fourth-order valence-electron chi connectivity index (χ4n) is 4.94. The first-order valence-electron chi connectivity index (χ1n) is 13.3. The van der Waals surface area contributed by atoms with Gasteiger partial charge in [0, 0.05) is 12.6 Å². The molecule has 8 nitrogen and oxygen atoms in total. The van der Waals surface area contributed by atoms with Crippen LogP contribution in [0.2, 0.25) is 0 Å². The Hall–Kier alpha value is -3.07. The average molecular weight is 544 g/mol. The number of carbonyl (C=O) groups is 2. The summed E-state index contributed by atoms with van der Waals surface area (Å²) in [5.74, 6) is -0.301. The van der Waals surface area contributed by atoms with Crippen molar-refractivity contribution in [2.24, 2.45) is 0 Å². The summed E-state index contributed by atoms with van der Waals surface area (Å²) in [5.41, 5.74) is 3.07. The normalized spacial score (nSPS) is 15.0. The van der Waals surface area contributed by atoms with Crippen molar-refractivity contribution in [3.05, 3.63) is 59.2 Å². The summed E-state index contributed by atoms with van der Waals surface area (Å²) >= 11 is 0. The van der Waals surface area contributed by atoms with Gasteiger partial charge < -0.3 is 15.0 Å². The van der Waals surface area contributed by atoms with E-state index in [1.807, 2.05) is 51.1 Å². The molecule has 2 aromatic carbocycles. The molecule has 0 heterocycles. The number of nitrogens with one attached hydrogen (secondary N) is 1. The minimum Gasteiger partial charge on any atom is -0.495 e. The number of anilines is 1. The number of benzene rings is 2. The molecule has 3 rings (SSSR count). The fraction of sp³-hybridized carbons (Fsp3) is 0.517. The van der Waals surface area contributed by atoms with Crippen LogP contribution in [-0.2, 0) is 26.2 Å². The van der Waals surface area contributed by atoms with Crippen LogP contribution in [0.5, 0.6) is 5.75 Å². The van der Waals surface area contributed by atoms with Crippen molar-refractivity contribution in [3.8, 4) is 5.75 Å². The zero-order valence-electron chi connectivity index (χ0n) is 23.2. The number of aryl methyl sites for hydroxylation is 2. The topological polar surface area (TPSA) is 96.0 Å². The van der Waals surface area contributed by atoms with E-state index in [4.69, 9.17) is 4.74 Å². The number of hydrogen-bond acceptors (Lipinski definition) is 5. The van der Waals surface area contributed by atoms with Gasteiger partial charge in [-0.25, -0.2) is 8.42 Å². The van der Waals surface area contributed by atoms with Crippen molar-refractivity contribution in [1.82, 2.24) is 10.2 Å². The second-order valence-electron chi connectivity index (χ2n) is 10.2. The van der Waals surface area contributed by atoms with Crippen molar-refractivity contribution >= 4 is 27.5 Å². The van der Waals surface area contributed by atoms with Gasteiger partial charge in [-0.2, -0.15) is 0 Å². The first-order valence-corrected chi connectivity index (χ1v) is 15.2. The molecule has 1 unspecified atom stereocenters. The van der Waals surface area contributed by atoms with Crippen LogP contribution >= 0.6 is 0 Å². The maximum atomic E-state index is 13.9. The van der Waals surface area contributed by atoms with Gasteiger partial charge in [-0.1, -0.05) is 62.1 Å². The molecule has 0 spiro atoms. The molecule has 0 bridgehead atoms. The summed E-state index contributed by atoms with van der Waals surface area (Å²) in [4.78, 5) is 28.9. The molecule has 9 heteroatoms. The molecule has 1 atom stereocenters. The van der Waals surface area contributed by atoms with Crippen LogP contribution in [0.15, 0.2) is 42.5 Å². The summed E-state index contributed by atoms with van der Waals surface area (Å²) in [5, 5.41) is 3.16. The predicted molar refractivity (Wildman–Crippen MR) is 151 cm³/mol. The lowest BCUT2D eigenvalue weighted by Crippen LogP contribution is -2.54. The lowest BCUT2D eigenvalue weighted by Gasteiger charge is -2.34. The summed E-state index contributed by atoms with van der Waals surface area (Å²) in [6.07, 6.45) is 6.67. The van der Waals surface area contributed by atoms with Gasteiger partial charge in [0.2, 0.25) is 21.8 Å². The molecular weight excluding hydrogens is 502 g/mol. The van der Waals surface area contributed by atoms with Gasteiger partial charge in [-0.05, 0) is 56.4 Å². The first kappa shape index (κ1) is 29.5. The van der Waals surface area contributed by atoms with E-state index in [0.29, 0.717) is 17.9 Å². The van der Waals surface area contributed by atoms with Crippen molar-refractivity contribution in [1.29, 1.82) is 0 Å². The maximum Gasteiger partial charge on any atom is 0.244 e. The number of methoxy groups -OCH3 is 1.